The molecule has 1 fully saturated rings. The van der Waals surface area contributed by atoms with E-state index in [0.717, 1.165) is 13.1 Å². The topological polar surface area (TPSA) is 17.3 Å². The van der Waals surface area contributed by atoms with E-state index in [4.69, 9.17) is 23.6 Å². The Kier molecular flexibility index (Phi) is 11.3. The van der Waals surface area contributed by atoms with Crippen LogP contribution in [0, 0.1) is 33.1 Å². The van der Waals surface area contributed by atoms with Gasteiger partial charge in [-0.3, -0.25) is 4.90 Å². The Morgan fingerprint density at radius 3 is 1.67 bits per heavy atom. The van der Waals surface area contributed by atoms with Crippen molar-refractivity contribution in [1.82, 2.24) is 4.90 Å². The van der Waals surface area contributed by atoms with Gasteiger partial charge in [-0.05, 0) is 48.8 Å². The summed E-state index contributed by atoms with van der Waals surface area (Å²) in [6, 6.07) is 28.4. The molecule has 1 aliphatic heterocycles. The second-order valence-corrected chi connectivity index (χ2v) is 19.1. The molecule has 42 heavy (non-hydrogen) atoms. The third-order valence-electron chi connectivity index (χ3n) is 8.99. The summed E-state index contributed by atoms with van der Waals surface area (Å²) in [6.07, 6.45) is 10.8. The third kappa shape index (κ3) is 6.94. The summed E-state index contributed by atoms with van der Waals surface area (Å²) >= 11 is -0.556. The molecule has 6 rings (SSSR count). The van der Waals surface area contributed by atoms with Crippen LogP contribution in [0.15, 0.2) is 97.1 Å². The van der Waals surface area contributed by atoms with Crippen molar-refractivity contribution < 1.29 is 17.0 Å². The average Bonchev–Trinajstić information content (AvgIpc) is 3.55. The standard InChI is InChI=1S/C35H41N2Si.CH3.2ClH.Ti/c1-25-14-18-29(19-15-25)38(36-35(3,4)5,30-20-16-26(2)17-21-30)34-22-33(31-12-8-9-13-32(31)34)37-23-27-10-6-7-11-28(27)24-37;;;;/h6-21,31-34H,22-24H2,1-5H3;1H3;2*1H;/q2*-1;;;+2/p-2/t31?,32?,33?,34-;;;;/m0..../s1. The maximum absolute atomic E-state index is 5.98. The molecule has 3 aromatic carbocycles. The van der Waals surface area contributed by atoms with Crippen LogP contribution in [0.25, 0.3) is 4.98 Å². The van der Waals surface area contributed by atoms with Crippen molar-refractivity contribution in [2.75, 3.05) is 0 Å². The van der Waals surface area contributed by atoms with Crippen molar-refractivity contribution >= 4 is 37.2 Å². The quantitative estimate of drug-likeness (QED) is 0.199. The number of halogens is 2. The van der Waals surface area contributed by atoms with Crippen LogP contribution >= 0.6 is 18.6 Å². The summed E-state index contributed by atoms with van der Waals surface area (Å²) in [4.78, 5) is 8.75. The van der Waals surface area contributed by atoms with E-state index in [-0.39, 0.29) is 13.0 Å². The molecular formula is C36H44Cl2N2SiTi-2. The first kappa shape index (κ1) is 33.5. The Hall–Kier alpha value is -1.43. The third-order valence-corrected chi connectivity index (χ3v) is 14.1. The number of rotatable bonds is 5. The van der Waals surface area contributed by atoms with Crippen molar-refractivity contribution in [3.63, 3.8) is 0 Å². The summed E-state index contributed by atoms with van der Waals surface area (Å²) in [5.41, 5.74) is 5.99. The van der Waals surface area contributed by atoms with Gasteiger partial charge >= 0.3 is 35.6 Å². The number of nitrogens with zero attached hydrogens (tertiary/aromatic N) is 2. The zero-order valence-electron chi connectivity index (χ0n) is 25.8. The molecule has 222 valence electrons. The molecule has 2 aliphatic carbocycles. The Morgan fingerprint density at radius 2 is 1.21 bits per heavy atom. The van der Waals surface area contributed by atoms with E-state index in [2.05, 4.69) is 137 Å². The van der Waals surface area contributed by atoms with Crippen LogP contribution in [0.1, 0.15) is 49.4 Å². The van der Waals surface area contributed by atoms with E-state index in [9.17, 15) is 0 Å². The van der Waals surface area contributed by atoms with Gasteiger partial charge in [-0.1, -0.05) is 139 Å². The van der Waals surface area contributed by atoms with E-state index < -0.39 is 25.3 Å². The van der Waals surface area contributed by atoms with Crippen LogP contribution in [-0.4, -0.2) is 24.7 Å². The molecule has 0 saturated heterocycles. The Bertz CT molecular complexity index is 1310. The van der Waals surface area contributed by atoms with Crippen molar-refractivity contribution in [2.45, 2.75) is 71.3 Å². The number of benzene rings is 3. The van der Waals surface area contributed by atoms with Crippen LogP contribution in [0.5, 0.6) is 0 Å². The van der Waals surface area contributed by atoms with Crippen LogP contribution < -0.4 is 10.4 Å². The molecule has 2 nitrogen and oxygen atoms in total. The summed E-state index contributed by atoms with van der Waals surface area (Å²) in [5.74, 6) is 1.02. The molecule has 0 radical (unpaired) electrons. The predicted octanol–water partition coefficient (Wildman–Crippen LogP) is 8.88. The van der Waals surface area contributed by atoms with Crippen LogP contribution in [-0.2, 0) is 30.1 Å². The zero-order chi connectivity index (χ0) is 29.2. The number of allylic oxidation sites excluding steroid dienone is 3. The molecule has 3 aliphatic rings. The van der Waals surface area contributed by atoms with Gasteiger partial charge < -0.3 is 12.4 Å². The molecular weight excluding hydrogens is 607 g/mol. The minimum absolute atomic E-state index is 0. The summed E-state index contributed by atoms with van der Waals surface area (Å²) < 4.78 is 0. The van der Waals surface area contributed by atoms with Crippen molar-refractivity contribution in [3.05, 3.63) is 132 Å². The van der Waals surface area contributed by atoms with E-state index in [1.807, 2.05) is 0 Å². The van der Waals surface area contributed by atoms with Gasteiger partial charge in [0.05, 0.1) is 0 Å². The number of fused-ring (bicyclic) bond motifs is 2. The minimum atomic E-state index is -2.56. The fourth-order valence-electron chi connectivity index (χ4n) is 7.39. The predicted molar refractivity (Wildman–Crippen MR) is 182 cm³/mol. The van der Waals surface area contributed by atoms with Crippen molar-refractivity contribution in [1.29, 1.82) is 0 Å². The summed E-state index contributed by atoms with van der Waals surface area (Å²) in [6.45, 7) is 13.4. The molecule has 3 unspecified atom stereocenters. The molecule has 1 heterocycles. The monoisotopic (exact) mass is 650 g/mol. The first-order valence-electron chi connectivity index (χ1n) is 14.7. The Labute approximate surface area is 272 Å². The van der Waals surface area contributed by atoms with Gasteiger partial charge in [0.15, 0.2) is 0 Å². The molecule has 0 aromatic heterocycles. The summed E-state index contributed by atoms with van der Waals surface area (Å²) in [7, 11) is 7.21. The van der Waals surface area contributed by atoms with E-state index in [1.54, 1.807) is 0 Å². The normalized spacial score (nSPS) is 22.9. The molecule has 4 atom stereocenters. The fourth-order valence-corrected chi connectivity index (χ4v) is 12.9. The van der Waals surface area contributed by atoms with Gasteiger partial charge in [-0.25, -0.2) is 0 Å². The zero-order valence-corrected chi connectivity index (χ0v) is 29.9. The molecule has 0 amide bonds. The fraction of sp³-hybridized carbons (Fsp3) is 0.361. The molecule has 6 heteroatoms. The molecule has 0 spiro atoms. The first-order chi connectivity index (χ1) is 19.7. The van der Waals surface area contributed by atoms with Gasteiger partial charge in [0.25, 0.3) is 0 Å². The van der Waals surface area contributed by atoms with Crippen molar-refractivity contribution in [2.24, 2.45) is 11.8 Å². The van der Waals surface area contributed by atoms with Gasteiger partial charge in [0.1, 0.15) is 0 Å². The van der Waals surface area contributed by atoms with E-state index in [0.29, 0.717) is 23.4 Å². The van der Waals surface area contributed by atoms with E-state index >= 15 is 0 Å². The SMILES string of the molecule is Cc1ccc([Si]([N-]C(C)(C)C)(c2ccc(C)cc2)[C@H]2CC(N3Cc4ccccc4C3)C3C=CC=CC32)cc1.[CH3-].[Cl][Ti][Cl]. The van der Waals surface area contributed by atoms with Gasteiger partial charge in [0.2, 0.25) is 0 Å². The molecule has 1 saturated carbocycles. The van der Waals surface area contributed by atoms with E-state index in [1.165, 1.54) is 39.0 Å². The molecule has 3 aromatic rings. The number of hydrogen-bond donors (Lipinski definition) is 0. The second-order valence-electron chi connectivity index (χ2n) is 12.9. The van der Waals surface area contributed by atoms with Crippen LogP contribution in [0.2, 0.25) is 5.54 Å². The maximum atomic E-state index is 5.98. The van der Waals surface area contributed by atoms with Gasteiger partial charge in [0, 0.05) is 27.4 Å². The molecule has 0 bridgehead atoms. The Balaban J connectivity index is 0.000000972. The Morgan fingerprint density at radius 1 is 0.762 bits per heavy atom. The number of hydrogen-bond acceptors (Lipinski definition) is 1. The number of aryl methyl sites for hydroxylation is 2. The first-order valence-corrected chi connectivity index (χ1v) is 21.0. The van der Waals surface area contributed by atoms with Crippen LogP contribution in [0.3, 0.4) is 0 Å². The van der Waals surface area contributed by atoms with Gasteiger partial charge in [-0.15, -0.1) is 5.54 Å². The van der Waals surface area contributed by atoms with Gasteiger partial charge in [-0.2, -0.15) is 0 Å². The second kappa shape index (κ2) is 14.1. The van der Waals surface area contributed by atoms with Crippen molar-refractivity contribution in [3.8, 4) is 0 Å². The van der Waals surface area contributed by atoms with Crippen LogP contribution in [0.4, 0.5) is 0 Å². The average molecular weight is 652 g/mol. The molecule has 0 N–H and O–H groups in total. The summed E-state index contributed by atoms with van der Waals surface area (Å²) in [5, 5.41) is 2.91.